The van der Waals surface area contributed by atoms with Crippen LogP contribution in [0.2, 0.25) is 10.0 Å². The molecule has 0 aliphatic rings. The normalized spacial score (nSPS) is 10.5. The van der Waals surface area contributed by atoms with Crippen LogP contribution in [0.4, 0.5) is 0 Å². The van der Waals surface area contributed by atoms with Gasteiger partial charge in [0.15, 0.2) is 0 Å². The lowest BCUT2D eigenvalue weighted by molar-refractivity contribution is 0.963. The van der Waals surface area contributed by atoms with Crippen molar-refractivity contribution in [2.24, 2.45) is 5.73 Å². The van der Waals surface area contributed by atoms with Gasteiger partial charge < -0.3 is 10.7 Å². The summed E-state index contributed by atoms with van der Waals surface area (Å²) in [5.74, 6) is 0. The van der Waals surface area contributed by atoms with Gasteiger partial charge in [0.2, 0.25) is 0 Å². The molecule has 0 fully saturated rings. The Balaban J connectivity index is 0.00000128. The number of aromatic nitrogens is 1. The van der Waals surface area contributed by atoms with E-state index in [1.165, 1.54) is 5.56 Å². The van der Waals surface area contributed by atoms with Gasteiger partial charge >= 0.3 is 0 Å². The predicted molar refractivity (Wildman–Crippen MR) is 73.1 cm³/mol. The van der Waals surface area contributed by atoms with Crippen molar-refractivity contribution in [1.29, 1.82) is 0 Å². The molecule has 0 spiro atoms. The SMILES string of the molecule is Cc1[nH]c2c(Cl)cc(Cl)cc2c1CCN.Cl. The number of hydrogen-bond donors (Lipinski definition) is 2. The number of nitrogens with two attached hydrogens (primary N) is 1. The van der Waals surface area contributed by atoms with Crippen molar-refractivity contribution in [2.75, 3.05) is 6.54 Å². The molecule has 5 heteroatoms. The number of aryl methyl sites for hydroxylation is 1. The lowest BCUT2D eigenvalue weighted by atomic mass is 10.1. The lowest BCUT2D eigenvalue weighted by Gasteiger charge is -1.99. The molecule has 0 amide bonds. The van der Waals surface area contributed by atoms with Gasteiger partial charge in [0.05, 0.1) is 10.5 Å². The zero-order valence-electron chi connectivity index (χ0n) is 8.81. The van der Waals surface area contributed by atoms with E-state index in [1.54, 1.807) is 6.07 Å². The minimum Gasteiger partial charge on any atom is -0.357 e. The maximum atomic E-state index is 6.10. The van der Waals surface area contributed by atoms with Crippen LogP contribution in [0.15, 0.2) is 12.1 Å². The molecule has 88 valence electrons. The van der Waals surface area contributed by atoms with Gasteiger partial charge in [0.1, 0.15) is 0 Å². The highest BCUT2D eigenvalue weighted by Crippen LogP contribution is 2.31. The second-order valence-corrected chi connectivity index (χ2v) is 4.42. The molecule has 0 aliphatic carbocycles. The van der Waals surface area contributed by atoms with Gasteiger partial charge in [-0.1, -0.05) is 23.2 Å². The number of fused-ring (bicyclic) bond motifs is 1. The maximum absolute atomic E-state index is 6.10. The molecule has 2 nitrogen and oxygen atoms in total. The number of nitrogens with one attached hydrogen (secondary N) is 1. The molecule has 1 aromatic heterocycles. The molecule has 1 heterocycles. The molecule has 0 saturated carbocycles. The number of rotatable bonds is 2. The molecule has 0 unspecified atom stereocenters. The summed E-state index contributed by atoms with van der Waals surface area (Å²) >= 11 is 12.1. The van der Waals surface area contributed by atoms with Gasteiger partial charge in [0, 0.05) is 16.1 Å². The molecule has 3 N–H and O–H groups in total. The van der Waals surface area contributed by atoms with Crippen LogP contribution in [0.1, 0.15) is 11.3 Å². The molecule has 1 aromatic carbocycles. The summed E-state index contributed by atoms with van der Waals surface area (Å²) in [5.41, 5.74) is 8.84. The zero-order chi connectivity index (χ0) is 11.0. The fraction of sp³-hybridized carbons (Fsp3) is 0.273. The first-order valence-corrected chi connectivity index (χ1v) is 5.55. The summed E-state index contributed by atoms with van der Waals surface area (Å²) in [6, 6.07) is 3.67. The van der Waals surface area contributed by atoms with E-state index in [-0.39, 0.29) is 12.4 Å². The van der Waals surface area contributed by atoms with Crippen molar-refractivity contribution in [3.05, 3.63) is 33.4 Å². The van der Waals surface area contributed by atoms with E-state index in [0.29, 0.717) is 16.6 Å². The van der Waals surface area contributed by atoms with Gasteiger partial charge in [-0.3, -0.25) is 0 Å². The first-order chi connectivity index (χ1) is 7.13. The van der Waals surface area contributed by atoms with Gasteiger partial charge in [-0.25, -0.2) is 0 Å². The summed E-state index contributed by atoms with van der Waals surface area (Å²) in [6.07, 6.45) is 0.836. The van der Waals surface area contributed by atoms with Gasteiger partial charge in [-0.2, -0.15) is 0 Å². The average molecular weight is 280 g/mol. The first-order valence-electron chi connectivity index (χ1n) is 4.79. The number of hydrogen-bond acceptors (Lipinski definition) is 1. The van der Waals surface area contributed by atoms with Crippen LogP contribution in [0.3, 0.4) is 0 Å². The molecule has 0 saturated heterocycles. The fourth-order valence-electron chi connectivity index (χ4n) is 1.87. The van der Waals surface area contributed by atoms with E-state index >= 15 is 0 Å². The van der Waals surface area contributed by atoms with Crippen molar-refractivity contribution in [1.82, 2.24) is 4.98 Å². The van der Waals surface area contributed by atoms with Crippen LogP contribution in [-0.2, 0) is 6.42 Å². The van der Waals surface area contributed by atoms with E-state index in [1.807, 2.05) is 13.0 Å². The van der Waals surface area contributed by atoms with E-state index in [0.717, 1.165) is 23.0 Å². The van der Waals surface area contributed by atoms with E-state index in [9.17, 15) is 0 Å². The van der Waals surface area contributed by atoms with Crippen molar-refractivity contribution < 1.29 is 0 Å². The third-order valence-corrected chi connectivity index (χ3v) is 3.06. The lowest BCUT2D eigenvalue weighted by Crippen LogP contribution is -2.03. The Morgan fingerprint density at radius 1 is 1.31 bits per heavy atom. The van der Waals surface area contributed by atoms with Gasteiger partial charge in [-0.15, -0.1) is 12.4 Å². The summed E-state index contributed by atoms with van der Waals surface area (Å²) < 4.78 is 0. The van der Waals surface area contributed by atoms with Crippen molar-refractivity contribution in [3.8, 4) is 0 Å². The maximum Gasteiger partial charge on any atom is 0.0662 e. The van der Waals surface area contributed by atoms with Crippen molar-refractivity contribution >= 4 is 46.5 Å². The van der Waals surface area contributed by atoms with Crippen molar-refractivity contribution in [2.45, 2.75) is 13.3 Å². The molecule has 0 bridgehead atoms. The quantitative estimate of drug-likeness (QED) is 0.864. The Hall–Kier alpha value is -0.410. The van der Waals surface area contributed by atoms with Gasteiger partial charge in [0.25, 0.3) is 0 Å². The highest BCUT2D eigenvalue weighted by molar-refractivity contribution is 6.38. The second kappa shape index (κ2) is 5.28. The highest BCUT2D eigenvalue weighted by Gasteiger charge is 2.10. The molecule has 2 aromatic rings. The van der Waals surface area contributed by atoms with E-state index < -0.39 is 0 Å². The Labute approximate surface area is 111 Å². The highest BCUT2D eigenvalue weighted by atomic mass is 35.5. The summed E-state index contributed by atoms with van der Waals surface area (Å²) in [6.45, 7) is 2.65. The fourth-order valence-corrected chi connectivity index (χ4v) is 2.41. The smallest absolute Gasteiger partial charge is 0.0662 e. The van der Waals surface area contributed by atoms with Crippen LogP contribution in [0.25, 0.3) is 10.9 Å². The third-order valence-electron chi connectivity index (χ3n) is 2.54. The number of halogens is 3. The molecule has 0 radical (unpaired) electrons. The monoisotopic (exact) mass is 278 g/mol. The predicted octanol–water partition coefficient (Wildman–Crippen LogP) is 3.71. The summed E-state index contributed by atoms with van der Waals surface area (Å²) in [4.78, 5) is 3.26. The van der Waals surface area contributed by atoms with Crippen LogP contribution >= 0.6 is 35.6 Å². The summed E-state index contributed by atoms with van der Waals surface area (Å²) in [7, 11) is 0. The Morgan fingerprint density at radius 3 is 2.62 bits per heavy atom. The first kappa shape index (κ1) is 13.7. The van der Waals surface area contributed by atoms with Crippen LogP contribution in [-0.4, -0.2) is 11.5 Å². The number of aromatic amines is 1. The standard InChI is InChI=1S/C11H12Cl2N2.ClH/c1-6-8(2-3-14)9-4-7(12)5-10(13)11(9)15-6;/h4-5,15H,2-3,14H2,1H3;1H. The Morgan fingerprint density at radius 2 is 2.00 bits per heavy atom. The molecule has 0 aliphatic heterocycles. The molecular formula is C11H13Cl3N2. The van der Waals surface area contributed by atoms with E-state index in [2.05, 4.69) is 4.98 Å². The third kappa shape index (κ3) is 2.30. The van der Waals surface area contributed by atoms with Gasteiger partial charge in [-0.05, 0) is 37.6 Å². The Bertz CT molecular complexity index is 505. The summed E-state index contributed by atoms with van der Waals surface area (Å²) in [5, 5.41) is 2.39. The molecule has 16 heavy (non-hydrogen) atoms. The van der Waals surface area contributed by atoms with E-state index in [4.69, 9.17) is 28.9 Å². The Kier molecular flexibility index (Phi) is 4.51. The molecule has 2 rings (SSSR count). The van der Waals surface area contributed by atoms with Crippen LogP contribution in [0, 0.1) is 6.92 Å². The zero-order valence-corrected chi connectivity index (χ0v) is 11.1. The second-order valence-electron chi connectivity index (χ2n) is 3.58. The molecular weight excluding hydrogens is 266 g/mol. The minimum absolute atomic E-state index is 0. The average Bonchev–Trinajstić information content (AvgIpc) is 2.46. The van der Waals surface area contributed by atoms with Crippen molar-refractivity contribution in [3.63, 3.8) is 0 Å². The van der Waals surface area contributed by atoms with Crippen LogP contribution < -0.4 is 5.73 Å². The topological polar surface area (TPSA) is 41.8 Å². The largest absolute Gasteiger partial charge is 0.357 e. The minimum atomic E-state index is 0. The molecule has 0 atom stereocenters. The number of H-pyrrole nitrogens is 1. The van der Waals surface area contributed by atoms with Crippen LogP contribution in [0.5, 0.6) is 0 Å². The number of benzene rings is 1.